The second-order valence-electron chi connectivity index (χ2n) is 4.81. The molecule has 0 aliphatic rings. The number of nitrogens with zero attached hydrogens (tertiary/aromatic N) is 1. The molecule has 0 radical (unpaired) electrons. The normalized spacial score (nSPS) is 11.2. The summed E-state index contributed by atoms with van der Waals surface area (Å²) in [5.41, 5.74) is -0.100. The number of halogens is 5. The fourth-order valence-corrected chi connectivity index (χ4v) is 2.15. The SMILES string of the molecule is Cc1cc(OCc2ccc(Cl)c(C(F)(F)F)c2)c(F)cc1C#N. The number of rotatable bonds is 3. The van der Waals surface area contributed by atoms with Crippen LogP contribution >= 0.6 is 11.6 Å². The Morgan fingerprint density at radius 1 is 1.22 bits per heavy atom. The van der Waals surface area contributed by atoms with Crippen LogP contribution in [0.4, 0.5) is 17.6 Å². The zero-order chi connectivity index (χ0) is 17.2. The Bertz CT molecular complexity index is 781. The highest BCUT2D eigenvalue weighted by Crippen LogP contribution is 2.35. The van der Waals surface area contributed by atoms with Gasteiger partial charge in [0.25, 0.3) is 0 Å². The van der Waals surface area contributed by atoms with E-state index in [2.05, 4.69) is 0 Å². The van der Waals surface area contributed by atoms with Crippen molar-refractivity contribution in [2.45, 2.75) is 19.7 Å². The summed E-state index contributed by atoms with van der Waals surface area (Å²) in [6, 6.07) is 7.52. The molecule has 0 unspecified atom stereocenters. The molecule has 0 saturated carbocycles. The van der Waals surface area contributed by atoms with Crippen molar-refractivity contribution in [1.29, 1.82) is 5.26 Å². The van der Waals surface area contributed by atoms with Gasteiger partial charge in [-0.2, -0.15) is 18.4 Å². The van der Waals surface area contributed by atoms with E-state index in [1.165, 1.54) is 12.1 Å². The van der Waals surface area contributed by atoms with Crippen LogP contribution in [-0.2, 0) is 12.8 Å². The quantitative estimate of drug-likeness (QED) is 0.712. The molecule has 0 spiro atoms. The Kier molecular flexibility index (Phi) is 4.81. The first-order valence-corrected chi connectivity index (χ1v) is 6.79. The first-order chi connectivity index (χ1) is 10.7. The van der Waals surface area contributed by atoms with Crippen LogP contribution in [-0.4, -0.2) is 0 Å². The second kappa shape index (κ2) is 6.47. The lowest BCUT2D eigenvalue weighted by atomic mass is 10.1. The molecule has 0 atom stereocenters. The molecular formula is C16H10ClF4NO. The fourth-order valence-electron chi connectivity index (χ4n) is 1.93. The lowest BCUT2D eigenvalue weighted by Crippen LogP contribution is -2.07. The molecule has 0 aromatic heterocycles. The molecule has 0 heterocycles. The Labute approximate surface area is 134 Å². The molecule has 2 aromatic carbocycles. The van der Waals surface area contributed by atoms with Crippen LogP contribution in [0.3, 0.4) is 0 Å². The van der Waals surface area contributed by atoms with Gasteiger partial charge in [-0.1, -0.05) is 17.7 Å². The molecule has 0 bridgehead atoms. The van der Waals surface area contributed by atoms with Crippen molar-refractivity contribution in [3.63, 3.8) is 0 Å². The molecule has 2 aromatic rings. The van der Waals surface area contributed by atoms with Gasteiger partial charge in [-0.3, -0.25) is 0 Å². The maximum Gasteiger partial charge on any atom is 0.417 e. The smallest absolute Gasteiger partial charge is 0.417 e. The number of ether oxygens (including phenoxy) is 1. The van der Waals surface area contributed by atoms with Gasteiger partial charge in [-0.25, -0.2) is 4.39 Å². The van der Waals surface area contributed by atoms with E-state index < -0.39 is 22.6 Å². The van der Waals surface area contributed by atoms with E-state index in [0.29, 0.717) is 5.56 Å². The first kappa shape index (κ1) is 17.1. The van der Waals surface area contributed by atoms with E-state index in [-0.39, 0.29) is 23.5 Å². The lowest BCUT2D eigenvalue weighted by molar-refractivity contribution is -0.137. The van der Waals surface area contributed by atoms with Crippen molar-refractivity contribution in [2.24, 2.45) is 0 Å². The number of hydrogen-bond donors (Lipinski definition) is 0. The monoisotopic (exact) mass is 343 g/mol. The van der Waals surface area contributed by atoms with E-state index in [9.17, 15) is 17.6 Å². The third-order valence-electron chi connectivity index (χ3n) is 3.13. The van der Waals surface area contributed by atoms with E-state index >= 15 is 0 Å². The van der Waals surface area contributed by atoms with Crippen LogP contribution in [0, 0.1) is 24.1 Å². The molecule has 7 heteroatoms. The maximum absolute atomic E-state index is 13.8. The van der Waals surface area contributed by atoms with Gasteiger partial charge < -0.3 is 4.74 Å². The largest absolute Gasteiger partial charge is 0.486 e. The van der Waals surface area contributed by atoms with E-state index in [1.54, 1.807) is 6.92 Å². The molecule has 2 nitrogen and oxygen atoms in total. The highest BCUT2D eigenvalue weighted by molar-refractivity contribution is 6.31. The summed E-state index contributed by atoms with van der Waals surface area (Å²) in [6.07, 6.45) is -4.58. The Morgan fingerprint density at radius 2 is 1.91 bits per heavy atom. The van der Waals surface area contributed by atoms with Crippen molar-refractivity contribution in [3.8, 4) is 11.8 Å². The Balaban J connectivity index is 2.22. The average molecular weight is 344 g/mol. The van der Waals surface area contributed by atoms with Crippen LogP contribution in [0.5, 0.6) is 5.75 Å². The Hall–Kier alpha value is -2.26. The number of aryl methyl sites for hydroxylation is 1. The molecule has 0 N–H and O–H groups in total. The van der Waals surface area contributed by atoms with Crippen LogP contribution in [0.1, 0.15) is 22.3 Å². The molecule has 0 aliphatic heterocycles. The summed E-state index contributed by atoms with van der Waals surface area (Å²) in [5.74, 6) is -0.887. The van der Waals surface area contributed by atoms with Gasteiger partial charge in [0.15, 0.2) is 11.6 Å². The van der Waals surface area contributed by atoms with Gasteiger partial charge in [0.05, 0.1) is 22.2 Å². The van der Waals surface area contributed by atoms with E-state index in [1.807, 2.05) is 6.07 Å². The zero-order valence-corrected chi connectivity index (χ0v) is 12.6. The second-order valence-corrected chi connectivity index (χ2v) is 5.22. The molecule has 2 rings (SSSR count). The van der Waals surface area contributed by atoms with Crippen LogP contribution < -0.4 is 4.74 Å². The summed E-state index contributed by atoms with van der Waals surface area (Å²) in [7, 11) is 0. The predicted octanol–water partition coefficient (Wildman–Crippen LogP) is 5.26. The molecule has 120 valence electrons. The highest BCUT2D eigenvalue weighted by Gasteiger charge is 2.33. The van der Waals surface area contributed by atoms with Gasteiger partial charge in [0.2, 0.25) is 0 Å². The minimum Gasteiger partial charge on any atom is -0.486 e. The summed E-state index contributed by atoms with van der Waals surface area (Å²) in [4.78, 5) is 0. The van der Waals surface area contributed by atoms with E-state index in [4.69, 9.17) is 21.6 Å². The lowest BCUT2D eigenvalue weighted by Gasteiger charge is -2.12. The van der Waals surface area contributed by atoms with Crippen molar-refractivity contribution < 1.29 is 22.3 Å². The standard InChI is InChI=1S/C16H10ClF4NO/c1-9-4-15(14(18)6-11(9)7-22)23-8-10-2-3-13(17)12(5-10)16(19,20)21/h2-6H,8H2,1H3. The van der Waals surface area contributed by atoms with Crippen LogP contribution in [0.2, 0.25) is 5.02 Å². The third kappa shape index (κ3) is 3.93. The summed E-state index contributed by atoms with van der Waals surface area (Å²) in [5, 5.41) is 8.38. The van der Waals surface area contributed by atoms with Crippen LogP contribution in [0.15, 0.2) is 30.3 Å². The Morgan fingerprint density at radius 3 is 2.52 bits per heavy atom. The van der Waals surface area contributed by atoms with Gasteiger partial charge in [-0.15, -0.1) is 0 Å². The summed E-state index contributed by atoms with van der Waals surface area (Å²) in [6.45, 7) is 1.34. The van der Waals surface area contributed by atoms with Crippen molar-refractivity contribution in [1.82, 2.24) is 0 Å². The summed E-state index contributed by atoms with van der Waals surface area (Å²) < 4.78 is 57.3. The average Bonchev–Trinajstić information content (AvgIpc) is 2.47. The van der Waals surface area contributed by atoms with E-state index in [0.717, 1.165) is 18.2 Å². The molecular weight excluding hydrogens is 334 g/mol. The summed E-state index contributed by atoms with van der Waals surface area (Å²) >= 11 is 5.53. The molecule has 0 amide bonds. The number of nitriles is 1. The highest BCUT2D eigenvalue weighted by atomic mass is 35.5. The number of hydrogen-bond acceptors (Lipinski definition) is 2. The van der Waals surface area contributed by atoms with Crippen molar-refractivity contribution in [2.75, 3.05) is 0 Å². The van der Waals surface area contributed by atoms with Gasteiger partial charge >= 0.3 is 6.18 Å². The van der Waals surface area contributed by atoms with Crippen molar-refractivity contribution >= 4 is 11.6 Å². The van der Waals surface area contributed by atoms with Crippen LogP contribution in [0.25, 0.3) is 0 Å². The first-order valence-electron chi connectivity index (χ1n) is 6.41. The topological polar surface area (TPSA) is 33.0 Å². The molecule has 0 aliphatic carbocycles. The number of alkyl halides is 3. The fraction of sp³-hybridized carbons (Fsp3) is 0.188. The zero-order valence-electron chi connectivity index (χ0n) is 11.8. The number of benzene rings is 2. The third-order valence-corrected chi connectivity index (χ3v) is 3.46. The molecule has 23 heavy (non-hydrogen) atoms. The molecule has 0 fully saturated rings. The van der Waals surface area contributed by atoms with Gasteiger partial charge in [-0.05, 0) is 42.3 Å². The minimum atomic E-state index is -4.58. The molecule has 0 saturated heterocycles. The van der Waals surface area contributed by atoms with Gasteiger partial charge in [0, 0.05) is 0 Å². The van der Waals surface area contributed by atoms with Crippen molar-refractivity contribution in [3.05, 3.63) is 63.4 Å². The maximum atomic E-state index is 13.8. The predicted molar refractivity (Wildman–Crippen MR) is 76.6 cm³/mol. The minimum absolute atomic E-state index is 0.134. The van der Waals surface area contributed by atoms with Gasteiger partial charge in [0.1, 0.15) is 6.61 Å².